The molecule has 0 saturated carbocycles. The van der Waals surface area contributed by atoms with Crippen LogP contribution in [0.1, 0.15) is 98.4 Å². The maximum Gasteiger partial charge on any atom is 0.252 e. The van der Waals surface area contributed by atoms with Gasteiger partial charge in [-0.15, -0.1) is 0 Å². The minimum atomic E-state index is -0.497. The van der Waals surface area contributed by atoms with Crippen molar-refractivity contribution in [2.45, 2.75) is 46.1 Å². The first kappa shape index (κ1) is 29.6. The maximum absolute atomic E-state index is 12.9. The van der Waals surface area contributed by atoms with Gasteiger partial charge in [-0.1, -0.05) is 88.4 Å². The van der Waals surface area contributed by atoms with Gasteiger partial charge in [-0.25, -0.2) is 9.97 Å². The highest BCUT2D eigenvalue weighted by Gasteiger charge is 2.36. The van der Waals surface area contributed by atoms with Crippen LogP contribution >= 0.6 is 0 Å². The number of hydrogen-bond donors (Lipinski definition) is 1. The summed E-state index contributed by atoms with van der Waals surface area (Å²) in [5.74, 6) is 0.692. The molecule has 226 valence electrons. The molecule has 0 saturated heterocycles. The molecule has 0 amide bonds. The van der Waals surface area contributed by atoms with E-state index in [2.05, 4.69) is 9.97 Å². The molecule has 0 aliphatic heterocycles. The van der Waals surface area contributed by atoms with E-state index in [0.717, 1.165) is 34.1 Å². The summed E-state index contributed by atoms with van der Waals surface area (Å²) in [6.45, 7) is 8.53. The van der Waals surface area contributed by atoms with E-state index in [1.165, 1.54) is 0 Å². The number of carbonyl (C=O) groups is 4. The zero-order valence-corrected chi connectivity index (χ0v) is 25.7. The SMILES string of the molecule is CC(C)c1nc2c([nH]1)C(=O)C(=O)c1ccccc1-2.COc1ccc(Cn2c(C(C)C)nc3c2C(=O)C(=O)c2ccccc2-3)cc1. The van der Waals surface area contributed by atoms with Crippen molar-refractivity contribution >= 4 is 23.1 Å². The zero-order valence-electron chi connectivity index (χ0n) is 25.7. The molecular weight excluding hydrogens is 568 g/mol. The highest BCUT2D eigenvalue weighted by Crippen LogP contribution is 2.36. The number of carbonyl (C=O) groups excluding carboxylic acids is 4. The lowest BCUT2D eigenvalue weighted by molar-refractivity contribution is 0.0810. The molecule has 5 aromatic rings. The molecular formula is C36H32N4O5. The monoisotopic (exact) mass is 600 g/mol. The van der Waals surface area contributed by atoms with E-state index < -0.39 is 23.1 Å². The van der Waals surface area contributed by atoms with E-state index in [1.54, 1.807) is 31.4 Å². The Morgan fingerprint density at radius 3 is 1.78 bits per heavy atom. The van der Waals surface area contributed by atoms with Gasteiger partial charge >= 0.3 is 0 Å². The number of hydrogen-bond acceptors (Lipinski definition) is 7. The predicted molar refractivity (Wildman–Crippen MR) is 169 cm³/mol. The van der Waals surface area contributed by atoms with Crippen LogP contribution in [-0.2, 0) is 6.54 Å². The Balaban J connectivity index is 0.000000172. The van der Waals surface area contributed by atoms with Gasteiger partial charge in [0.25, 0.3) is 11.6 Å². The molecule has 0 unspecified atom stereocenters. The topological polar surface area (TPSA) is 124 Å². The van der Waals surface area contributed by atoms with E-state index in [1.807, 2.05) is 80.8 Å². The summed E-state index contributed by atoms with van der Waals surface area (Å²) in [4.78, 5) is 61.7. The average Bonchev–Trinajstić information content (AvgIpc) is 3.67. The first-order valence-corrected chi connectivity index (χ1v) is 14.8. The molecule has 9 heteroatoms. The van der Waals surface area contributed by atoms with Crippen molar-refractivity contribution in [3.05, 3.63) is 113 Å². The second-order valence-electron chi connectivity index (χ2n) is 11.7. The van der Waals surface area contributed by atoms with E-state index in [0.29, 0.717) is 40.4 Å². The third-order valence-corrected chi connectivity index (χ3v) is 7.99. The van der Waals surface area contributed by atoms with Crippen LogP contribution in [0, 0.1) is 0 Å². The summed E-state index contributed by atoms with van der Waals surface area (Å²) in [6.07, 6.45) is 0. The number of rotatable bonds is 5. The number of nitrogens with one attached hydrogen (secondary N) is 1. The standard InChI is InChI=1S/C22H20N2O3.C14H12N2O2/c1-13(2)22-23-18-16-6-4-5-7-17(16)20(25)21(26)19(18)24(22)12-14-8-10-15(27-3)11-9-14;1-7(2)14-15-10-8-5-3-4-6-9(8)12(17)13(18)11(10)16-14/h4-11,13H,12H2,1-3H3;3-7H,1-2H3,(H,15,16). The molecule has 45 heavy (non-hydrogen) atoms. The molecule has 2 aliphatic rings. The lowest BCUT2D eigenvalue weighted by Gasteiger charge is -2.17. The minimum absolute atomic E-state index is 0.115. The normalized spacial score (nSPS) is 13.2. The van der Waals surface area contributed by atoms with Crippen molar-refractivity contribution in [1.29, 1.82) is 0 Å². The molecule has 2 aliphatic carbocycles. The van der Waals surface area contributed by atoms with Gasteiger partial charge in [0.2, 0.25) is 11.6 Å². The fourth-order valence-corrected chi connectivity index (χ4v) is 5.67. The van der Waals surface area contributed by atoms with Gasteiger partial charge in [0.05, 0.1) is 7.11 Å². The number of Topliss-reactive ketones (excluding diaryl/α,β-unsaturated/α-hetero) is 4. The lowest BCUT2D eigenvalue weighted by atomic mass is 9.90. The highest BCUT2D eigenvalue weighted by atomic mass is 16.5. The van der Waals surface area contributed by atoms with Crippen LogP contribution in [0.2, 0.25) is 0 Å². The largest absolute Gasteiger partial charge is 0.497 e. The number of methoxy groups -OCH3 is 1. The molecule has 0 radical (unpaired) electrons. The van der Waals surface area contributed by atoms with Gasteiger partial charge in [0.15, 0.2) is 0 Å². The summed E-state index contributed by atoms with van der Waals surface area (Å²) < 4.78 is 7.10. The summed E-state index contributed by atoms with van der Waals surface area (Å²) >= 11 is 0. The zero-order chi connectivity index (χ0) is 32.0. The van der Waals surface area contributed by atoms with Gasteiger partial charge in [-0.3, -0.25) is 19.2 Å². The number of H-pyrrole nitrogens is 1. The number of nitrogens with zero attached hydrogens (tertiary/aromatic N) is 3. The Morgan fingerprint density at radius 2 is 1.22 bits per heavy atom. The minimum Gasteiger partial charge on any atom is -0.497 e. The van der Waals surface area contributed by atoms with Gasteiger partial charge < -0.3 is 14.3 Å². The van der Waals surface area contributed by atoms with Crippen LogP contribution in [0.5, 0.6) is 5.75 Å². The van der Waals surface area contributed by atoms with Crippen molar-refractivity contribution in [1.82, 2.24) is 19.5 Å². The van der Waals surface area contributed by atoms with Crippen molar-refractivity contribution < 1.29 is 23.9 Å². The molecule has 2 aromatic heterocycles. The summed E-state index contributed by atoms with van der Waals surface area (Å²) in [5.41, 5.74) is 5.26. The lowest BCUT2D eigenvalue weighted by Crippen LogP contribution is -2.24. The highest BCUT2D eigenvalue weighted by molar-refractivity contribution is 6.53. The van der Waals surface area contributed by atoms with Crippen LogP contribution in [0.4, 0.5) is 0 Å². The number of benzene rings is 3. The Hall–Kier alpha value is -5.44. The molecule has 9 nitrogen and oxygen atoms in total. The Bertz CT molecular complexity index is 2000. The number of imidazole rings is 2. The first-order chi connectivity index (χ1) is 21.6. The van der Waals surface area contributed by atoms with Gasteiger partial charge in [-0.2, -0.15) is 0 Å². The quantitative estimate of drug-likeness (QED) is 0.223. The molecule has 0 fully saturated rings. The second-order valence-corrected chi connectivity index (χ2v) is 11.7. The number of ether oxygens (including phenoxy) is 1. The summed E-state index contributed by atoms with van der Waals surface area (Å²) in [7, 11) is 1.62. The van der Waals surface area contributed by atoms with Crippen LogP contribution in [0.15, 0.2) is 72.8 Å². The first-order valence-electron chi connectivity index (χ1n) is 14.8. The molecule has 3 aromatic carbocycles. The number of ketones is 4. The second kappa shape index (κ2) is 11.6. The van der Waals surface area contributed by atoms with Crippen molar-refractivity contribution in [2.24, 2.45) is 0 Å². The fraction of sp³-hybridized carbons (Fsp3) is 0.222. The van der Waals surface area contributed by atoms with E-state index in [4.69, 9.17) is 9.72 Å². The van der Waals surface area contributed by atoms with E-state index in [9.17, 15) is 19.2 Å². The fourth-order valence-electron chi connectivity index (χ4n) is 5.67. The van der Waals surface area contributed by atoms with Crippen LogP contribution in [-0.4, -0.2) is 49.8 Å². The van der Waals surface area contributed by atoms with E-state index >= 15 is 0 Å². The third-order valence-electron chi connectivity index (χ3n) is 7.99. The van der Waals surface area contributed by atoms with E-state index in [-0.39, 0.29) is 11.8 Å². The number of aromatic amines is 1. The average molecular weight is 601 g/mol. The summed E-state index contributed by atoms with van der Waals surface area (Å²) in [6, 6.07) is 22.0. The third kappa shape index (κ3) is 5.10. The van der Waals surface area contributed by atoms with Crippen molar-refractivity contribution in [2.75, 3.05) is 7.11 Å². The Kier molecular flexibility index (Phi) is 7.62. The van der Waals surface area contributed by atoms with Crippen molar-refractivity contribution in [3.8, 4) is 28.3 Å². The Labute approximate surface area is 260 Å². The molecule has 2 heterocycles. The van der Waals surface area contributed by atoms with Crippen molar-refractivity contribution in [3.63, 3.8) is 0 Å². The smallest absolute Gasteiger partial charge is 0.252 e. The Morgan fingerprint density at radius 1 is 0.667 bits per heavy atom. The van der Waals surface area contributed by atoms with Gasteiger partial charge in [-0.05, 0) is 17.7 Å². The number of aromatic nitrogens is 4. The van der Waals surface area contributed by atoms with Crippen LogP contribution < -0.4 is 4.74 Å². The predicted octanol–water partition coefficient (Wildman–Crippen LogP) is 6.69. The van der Waals surface area contributed by atoms with Gasteiger partial charge in [0.1, 0.15) is 40.2 Å². The van der Waals surface area contributed by atoms with Crippen LogP contribution in [0.25, 0.3) is 22.5 Å². The molecule has 0 bridgehead atoms. The molecule has 0 spiro atoms. The summed E-state index contributed by atoms with van der Waals surface area (Å²) in [5, 5.41) is 0. The van der Waals surface area contributed by atoms with Crippen LogP contribution in [0.3, 0.4) is 0 Å². The molecule has 7 rings (SSSR count). The molecule has 0 atom stereocenters. The molecule has 1 N–H and O–H groups in total. The number of fused-ring (bicyclic) bond motifs is 6. The van der Waals surface area contributed by atoms with Gasteiger partial charge in [0, 0.05) is 40.6 Å². The maximum atomic E-state index is 12.9.